The molecule has 0 spiro atoms. The quantitative estimate of drug-likeness (QED) is 0.675. The molecule has 2 N–H and O–H groups in total. The molecule has 17 heavy (non-hydrogen) atoms. The molecule has 1 aromatic carbocycles. The summed E-state index contributed by atoms with van der Waals surface area (Å²) in [6.45, 7) is 3.04. The Bertz CT molecular complexity index is 380. The first kappa shape index (κ1) is 12.2. The molecule has 1 aliphatic heterocycles. The van der Waals surface area contributed by atoms with Crippen LogP contribution in [0, 0.1) is 0 Å². The van der Waals surface area contributed by atoms with Crippen LogP contribution >= 0.6 is 0 Å². The van der Waals surface area contributed by atoms with Gasteiger partial charge in [-0.05, 0) is 17.6 Å². The van der Waals surface area contributed by atoms with Crippen LogP contribution in [0.3, 0.4) is 0 Å². The van der Waals surface area contributed by atoms with Gasteiger partial charge in [-0.25, -0.2) is 0 Å². The number of rotatable bonds is 3. The van der Waals surface area contributed by atoms with Gasteiger partial charge in [0.2, 0.25) is 0 Å². The maximum atomic E-state index is 9.11. The van der Waals surface area contributed by atoms with Crippen LogP contribution < -0.4 is 15.1 Å². The lowest BCUT2D eigenvalue weighted by Gasteiger charge is -2.30. The van der Waals surface area contributed by atoms with E-state index < -0.39 is 7.12 Å². The molecule has 0 radical (unpaired) electrons. The van der Waals surface area contributed by atoms with Crippen molar-refractivity contribution in [2.75, 3.05) is 38.3 Å². The molecular formula is C11H16BNO4. The molecule has 0 unspecified atom stereocenters. The summed E-state index contributed by atoms with van der Waals surface area (Å²) in [5, 5.41) is 18.2. The molecule has 6 heteroatoms. The Morgan fingerprint density at radius 2 is 2.00 bits per heavy atom. The highest BCUT2D eigenvalue weighted by atomic mass is 16.5. The van der Waals surface area contributed by atoms with Gasteiger partial charge in [0.15, 0.2) is 0 Å². The topological polar surface area (TPSA) is 62.2 Å². The molecule has 1 aromatic rings. The van der Waals surface area contributed by atoms with E-state index in [-0.39, 0.29) is 0 Å². The fourth-order valence-corrected chi connectivity index (χ4v) is 1.92. The molecule has 0 saturated carbocycles. The van der Waals surface area contributed by atoms with E-state index in [9.17, 15) is 0 Å². The third-order valence-corrected chi connectivity index (χ3v) is 2.85. The Labute approximate surface area is 101 Å². The number of anilines is 1. The first-order valence-corrected chi connectivity index (χ1v) is 5.59. The van der Waals surface area contributed by atoms with Crippen LogP contribution in [0.2, 0.25) is 0 Å². The molecule has 0 bridgehead atoms. The third kappa shape index (κ3) is 2.72. The zero-order valence-electron chi connectivity index (χ0n) is 9.80. The lowest BCUT2D eigenvalue weighted by molar-refractivity contribution is 0.122. The van der Waals surface area contributed by atoms with E-state index in [4.69, 9.17) is 19.5 Å². The SMILES string of the molecule is COc1cc(B(O)O)ccc1N1CCOCC1. The first-order chi connectivity index (χ1) is 8.22. The Kier molecular flexibility index (Phi) is 3.88. The summed E-state index contributed by atoms with van der Waals surface area (Å²) in [7, 11) is 0.106. The van der Waals surface area contributed by atoms with Crippen LogP contribution in [-0.2, 0) is 4.74 Å². The average molecular weight is 237 g/mol. The van der Waals surface area contributed by atoms with Crippen molar-refractivity contribution in [2.24, 2.45) is 0 Å². The largest absolute Gasteiger partial charge is 0.495 e. The number of nitrogens with zero attached hydrogens (tertiary/aromatic N) is 1. The molecule has 1 aliphatic rings. The van der Waals surface area contributed by atoms with Gasteiger partial charge in [0.25, 0.3) is 0 Å². The molecule has 5 nitrogen and oxygen atoms in total. The number of methoxy groups -OCH3 is 1. The highest BCUT2D eigenvalue weighted by Gasteiger charge is 2.18. The maximum absolute atomic E-state index is 9.11. The minimum absolute atomic E-state index is 0.429. The Morgan fingerprint density at radius 3 is 2.59 bits per heavy atom. The predicted molar refractivity (Wildman–Crippen MR) is 65.9 cm³/mol. The van der Waals surface area contributed by atoms with Crippen LogP contribution in [0.1, 0.15) is 0 Å². The number of hydrogen-bond acceptors (Lipinski definition) is 5. The van der Waals surface area contributed by atoms with Gasteiger partial charge < -0.3 is 24.4 Å². The number of ether oxygens (including phenoxy) is 2. The van der Waals surface area contributed by atoms with Crippen molar-refractivity contribution in [1.29, 1.82) is 0 Å². The molecule has 2 rings (SSSR count). The van der Waals surface area contributed by atoms with Gasteiger partial charge >= 0.3 is 7.12 Å². The maximum Gasteiger partial charge on any atom is 0.488 e. The highest BCUT2D eigenvalue weighted by molar-refractivity contribution is 6.58. The van der Waals surface area contributed by atoms with E-state index in [1.165, 1.54) is 0 Å². The van der Waals surface area contributed by atoms with Crippen molar-refractivity contribution in [3.8, 4) is 5.75 Å². The zero-order chi connectivity index (χ0) is 12.3. The molecule has 1 fully saturated rings. The van der Waals surface area contributed by atoms with Crippen molar-refractivity contribution in [1.82, 2.24) is 0 Å². The second-order valence-electron chi connectivity index (χ2n) is 3.90. The van der Waals surface area contributed by atoms with Crippen LogP contribution in [-0.4, -0.2) is 50.6 Å². The van der Waals surface area contributed by atoms with Gasteiger partial charge in [-0.15, -0.1) is 0 Å². The monoisotopic (exact) mass is 237 g/mol. The Balaban J connectivity index is 2.26. The van der Waals surface area contributed by atoms with Gasteiger partial charge in [-0.1, -0.05) is 6.07 Å². The first-order valence-electron chi connectivity index (χ1n) is 5.59. The van der Waals surface area contributed by atoms with Crippen LogP contribution in [0.5, 0.6) is 5.75 Å². The lowest BCUT2D eigenvalue weighted by Crippen LogP contribution is -2.37. The standard InChI is InChI=1S/C11H16BNO4/c1-16-11-8-9(12(14)15)2-3-10(11)13-4-6-17-7-5-13/h2-3,8,14-15H,4-7H2,1H3. The van der Waals surface area contributed by atoms with Gasteiger partial charge in [0, 0.05) is 13.1 Å². The fourth-order valence-electron chi connectivity index (χ4n) is 1.92. The van der Waals surface area contributed by atoms with Crippen LogP contribution in [0.25, 0.3) is 0 Å². The molecule has 0 atom stereocenters. The molecular weight excluding hydrogens is 221 g/mol. The fraction of sp³-hybridized carbons (Fsp3) is 0.455. The summed E-state index contributed by atoms with van der Waals surface area (Å²) in [4.78, 5) is 2.16. The van der Waals surface area contributed by atoms with E-state index in [0.29, 0.717) is 24.4 Å². The lowest BCUT2D eigenvalue weighted by atomic mass is 9.80. The summed E-state index contributed by atoms with van der Waals surface area (Å²) in [5.74, 6) is 0.650. The molecule has 92 valence electrons. The molecule has 0 aromatic heterocycles. The zero-order valence-corrected chi connectivity index (χ0v) is 9.80. The van der Waals surface area contributed by atoms with Crippen molar-refractivity contribution in [3.05, 3.63) is 18.2 Å². The Morgan fingerprint density at radius 1 is 1.29 bits per heavy atom. The van der Waals surface area contributed by atoms with Gasteiger partial charge in [0.1, 0.15) is 5.75 Å². The predicted octanol–water partition coefficient (Wildman–Crippen LogP) is -0.788. The van der Waals surface area contributed by atoms with Gasteiger partial charge in [0.05, 0.1) is 26.0 Å². The third-order valence-electron chi connectivity index (χ3n) is 2.85. The number of benzene rings is 1. The van der Waals surface area contributed by atoms with E-state index in [2.05, 4.69) is 4.90 Å². The summed E-state index contributed by atoms with van der Waals surface area (Å²) < 4.78 is 10.6. The van der Waals surface area contributed by atoms with Crippen molar-refractivity contribution < 1.29 is 19.5 Å². The molecule has 0 amide bonds. The summed E-state index contributed by atoms with van der Waals surface area (Å²) >= 11 is 0. The summed E-state index contributed by atoms with van der Waals surface area (Å²) in [5.41, 5.74) is 1.39. The van der Waals surface area contributed by atoms with Gasteiger partial charge in [-0.3, -0.25) is 0 Å². The minimum Gasteiger partial charge on any atom is -0.495 e. The molecule has 1 saturated heterocycles. The van der Waals surface area contributed by atoms with Crippen LogP contribution in [0.15, 0.2) is 18.2 Å². The second kappa shape index (κ2) is 5.40. The van der Waals surface area contributed by atoms with Gasteiger partial charge in [-0.2, -0.15) is 0 Å². The Hall–Kier alpha value is -1.24. The number of hydrogen-bond donors (Lipinski definition) is 2. The normalized spacial score (nSPS) is 15.8. The van der Waals surface area contributed by atoms with Crippen molar-refractivity contribution >= 4 is 18.3 Å². The smallest absolute Gasteiger partial charge is 0.488 e. The number of morpholine rings is 1. The van der Waals surface area contributed by atoms with E-state index in [1.54, 1.807) is 19.2 Å². The summed E-state index contributed by atoms with van der Waals surface area (Å²) in [6.07, 6.45) is 0. The van der Waals surface area contributed by atoms with E-state index in [1.807, 2.05) is 6.07 Å². The van der Waals surface area contributed by atoms with E-state index in [0.717, 1.165) is 18.8 Å². The summed E-state index contributed by atoms with van der Waals surface area (Å²) in [6, 6.07) is 5.19. The van der Waals surface area contributed by atoms with Crippen LogP contribution in [0.4, 0.5) is 5.69 Å². The average Bonchev–Trinajstić information content (AvgIpc) is 2.39. The second-order valence-corrected chi connectivity index (χ2v) is 3.90. The van der Waals surface area contributed by atoms with E-state index >= 15 is 0 Å². The van der Waals surface area contributed by atoms with Crippen molar-refractivity contribution in [3.63, 3.8) is 0 Å². The molecule has 1 heterocycles. The molecule has 0 aliphatic carbocycles. The minimum atomic E-state index is -1.47. The van der Waals surface area contributed by atoms with Crippen molar-refractivity contribution in [2.45, 2.75) is 0 Å². The highest BCUT2D eigenvalue weighted by Crippen LogP contribution is 2.27.